The predicted molar refractivity (Wildman–Crippen MR) is 157 cm³/mol. The van der Waals surface area contributed by atoms with Crippen LogP contribution in [0.4, 0.5) is 17.3 Å². The van der Waals surface area contributed by atoms with Crippen molar-refractivity contribution in [2.24, 2.45) is 0 Å². The van der Waals surface area contributed by atoms with Gasteiger partial charge >= 0.3 is 0 Å². The molecule has 188 valence electrons. The van der Waals surface area contributed by atoms with Crippen LogP contribution in [0.2, 0.25) is 0 Å². The summed E-state index contributed by atoms with van der Waals surface area (Å²) in [5, 5.41) is 0. The number of benzene rings is 3. The Morgan fingerprint density at radius 1 is 0.667 bits per heavy atom. The van der Waals surface area contributed by atoms with Crippen molar-refractivity contribution in [2.45, 2.75) is 39.8 Å². The zero-order valence-corrected chi connectivity index (χ0v) is 22.6. The van der Waals surface area contributed by atoms with E-state index in [9.17, 15) is 0 Å². The molecular weight excluding hydrogens is 474 g/mol. The van der Waals surface area contributed by atoms with Crippen LogP contribution in [0.15, 0.2) is 103 Å². The summed E-state index contributed by atoms with van der Waals surface area (Å²) >= 11 is 0. The number of anilines is 3. The Hall–Kier alpha value is -4.50. The van der Waals surface area contributed by atoms with Crippen molar-refractivity contribution >= 4 is 22.9 Å². The molecule has 0 saturated heterocycles. The lowest BCUT2D eigenvalue weighted by molar-refractivity contribution is -0.681. The van der Waals surface area contributed by atoms with Crippen LogP contribution in [0.25, 0.3) is 28.1 Å². The first kappa shape index (κ1) is 22.5. The van der Waals surface area contributed by atoms with Gasteiger partial charge in [0.05, 0.1) is 6.54 Å². The number of pyridine rings is 2. The molecule has 0 N–H and O–H groups in total. The van der Waals surface area contributed by atoms with Crippen LogP contribution in [0.3, 0.4) is 0 Å². The Bertz CT molecular complexity index is 1840. The van der Waals surface area contributed by atoms with Gasteiger partial charge in [-0.3, -0.25) is 0 Å². The molecule has 3 nitrogen and oxygen atoms in total. The minimum absolute atomic E-state index is 0.296. The number of aryl methyl sites for hydroxylation is 4. The van der Waals surface area contributed by atoms with Crippen LogP contribution in [0.1, 0.15) is 33.9 Å². The van der Waals surface area contributed by atoms with E-state index in [0.717, 1.165) is 13.0 Å². The summed E-state index contributed by atoms with van der Waals surface area (Å²) in [5.41, 5.74) is 14.6. The van der Waals surface area contributed by atoms with E-state index in [4.69, 9.17) is 0 Å². The third-order valence-corrected chi connectivity index (χ3v) is 8.63. The molecule has 2 aromatic heterocycles. The van der Waals surface area contributed by atoms with Gasteiger partial charge in [-0.05, 0) is 73.4 Å². The Labute approximate surface area is 229 Å². The minimum Gasteiger partial charge on any atom is -0.226 e. The molecule has 3 aromatic carbocycles. The summed E-state index contributed by atoms with van der Waals surface area (Å²) in [4.78, 5) is 2.53. The van der Waals surface area contributed by atoms with Gasteiger partial charge in [-0.1, -0.05) is 66.2 Å². The maximum Gasteiger partial charge on any atom is 0.291 e. The summed E-state index contributed by atoms with van der Waals surface area (Å²) in [5.74, 6) is 2.41. The van der Waals surface area contributed by atoms with Crippen molar-refractivity contribution in [3.8, 4) is 22.5 Å². The predicted octanol–water partition coefficient (Wildman–Crippen LogP) is 7.50. The summed E-state index contributed by atoms with van der Waals surface area (Å²) in [6, 6.07) is 36.3. The molecule has 1 unspecified atom stereocenters. The first-order chi connectivity index (χ1) is 19.1. The molecule has 2 aliphatic heterocycles. The first-order valence-corrected chi connectivity index (χ1v) is 14.0. The second-order valence-corrected chi connectivity index (χ2v) is 11.2. The number of hydrogen-bond donors (Lipinski definition) is 0. The molecule has 1 aliphatic carbocycles. The van der Waals surface area contributed by atoms with E-state index in [1.807, 2.05) is 0 Å². The molecule has 3 aliphatic rings. The highest BCUT2D eigenvalue weighted by molar-refractivity contribution is 5.91. The molecule has 0 amide bonds. The van der Waals surface area contributed by atoms with E-state index in [2.05, 4.69) is 138 Å². The highest BCUT2D eigenvalue weighted by atomic mass is 15.3. The monoisotopic (exact) mass is 505 g/mol. The maximum atomic E-state index is 2.55. The van der Waals surface area contributed by atoms with Crippen LogP contribution in [-0.2, 0) is 13.0 Å². The molecule has 3 heteroatoms. The highest BCUT2D eigenvalue weighted by Gasteiger charge is 2.45. The molecule has 39 heavy (non-hydrogen) atoms. The molecular formula is C36H31N3+2. The van der Waals surface area contributed by atoms with Gasteiger partial charge < -0.3 is 0 Å². The van der Waals surface area contributed by atoms with Crippen LogP contribution in [0.5, 0.6) is 0 Å². The Balaban J connectivity index is 1.43. The van der Waals surface area contributed by atoms with Crippen molar-refractivity contribution < 1.29 is 9.13 Å². The van der Waals surface area contributed by atoms with E-state index >= 15 is 0 Å². The zero-order chi connectivity index (χ0) is 26.2. The smallest absolute Gasteiger partial charge is 0.226 e. The van der Waals surface area contributed by atoms with Crippen LogP contribution in [0, 0.1) is 20.8 Å². The molecule has 5 aromatic rings. The van der Waals surface area contributed by atoms with Gasteiger partial charge in [-0.25, -0.2) is 9.13 Å². The van der Waals surface area contributed by atoms with Gasteiger partial charge in [-0.15, -0.1) is 0 Å². The second-order valence-electron chi connectivity index (χ2n) is 11.2. The first-order valence-electron chi connectivity index (χ1n) is 14.0. The quantitative estimate of drug-likeness (QED) is 0.231. The zero-order valence-electron chi connectivity index (χ0n) is 22.6. The summed E-state index contributed by atoms with van der Waals surface area (Å²) < 4.78 is 5.08. The standard InChI is InChI=1S/C36H31N3/c1-23-20-24(2)36(25(3)21-23)39(34-16-8-14-31-27-11-5-4-10-26(27)18-19-37(31)34)35-17-9-15-32-29-13-7-6-12-28(29)30-22-33(30)38(32)35/h4-17,20-22,33H,18-19H2,1-3H3/q+2. The largest absolute Gasteiger partial charge is 0.291 e. The van der Waals surface area contributed by atoms with Gasteiger partial charge in [0.1, 0.15) is 23.1 Å². The third-order valence-electron chi connectivity index (χ3n) is 8.63. The SMILES string of the molecule is Cc1cc(C)c(N(c2cccc3[n+]2CCc2ccccc2-3)c2cccc3[n+]2C2C=C2c2ccccc2-3)c(C)c1. The number of rotatable bonds is 3. The van der Waals surface area contributed by atoms with E-state index in [-0.39, 0.29) is 0 Å². The normalized spacial score (nSPS) is 15.8. The fourth-order valence-electron chi connectivity index (χ4n) is 7.03. The number of allylic oxidation sites excluding steroid dienone is 2. The van der Waals surface area contributed by atoms with Crippen molar-refractivity contribution in [1.82, 2.24) is 0 Å². The fraction of sp³-hybridized carbons (Fsp3) is 0.167. The Morgan fingerprint density at radius 3 is 2.13 bits per heavy atom. The summed E-state index contributed by atoms with van der Waals surface area (Å²) in [7, 11) is 0. The minimum atomic E-state index is 0.296. The summed E-state index contributed by atoms with van der Waals surface area (Å²) in [6.07, 6.45) is 3.45. The summed E-state index contributed by atoms with van der Waals surface area (Å²) in [6.45, 7) is 7.67. The van der Waals surface area contributed by atoms with Crippen molar-refractivity contribution in [1.29, 1.82) is 0 Å². The van der Waals surface area contributed by atoms with Gasteiger partial charge in [0.25, 0.3) is 11.6 Å². The molecule has 0 radical (unpaired) electrons. The highest BCUT2D eigenvalue weighted by Crippen LogP contribution is 2.49. The van der Waals surface area contributed by atoms with Crippen molar-refractivity contribution in [3.05, 3.63) is 131 Å². The van der Waals surface area contributed by atoms with Crippen LogP contribution < -0.4 is 14.0 Å². The molecule has 4 heterocycles. The molecule has 1 atom stereocenters. The number of fused-ring (bicyclic) bond motifs is 9. The lowest BCUT2D eigenvalue weighted by Gasteiger charge is -2.28. The van der Waals surface area contributed by atoms with Crippen molar-refractivity contribution in [2.75, 3.05) is 4.90 Å². The maximum absolute atomic E-state index is 2.55. The number of aromatic nitrogens is 2. The average Bonchev–Trinajstić information content (AvgIpc) is 3.76. The Kier molecular flexibility index (Phi) is 4.75. The molecule has 8 rings (SSSR count). The van der Waals surface area contributed by atoms with Gasteiger partial charge in [0.2, 0.25) is 0 Å². The van der Waals surface area contributed by atoms with Gasteiger partial charge in [0, 0.05) is 35.3 Å². The van der Waals surface area contributed by atoms with E-state index in [1.165, 1.54) is 73.2 Å². The topological polar surface area (TPSA) is 11.0 Å². The number of hydrogen-bond acceptors (Lipinski definition) is 1. The third kappa shape index (κ3) is 3.29. The van der Waals surface area contributed by atoms with Crippen LogP contribution in [-0.4, -0.2) is 0 Å². The van der Waals surface area contributed by atoms with Crippen LogP contribution >= 0.6 is 0 Å². The van der Waals surface area contributed by atoms with Gasteiger partial charge in [0.15, 0.2) is 0 Å². The molecule has 0 bridgehead atoms. The number of nitrogens with zero attached hydrogens (tertiary/aromatic N) is 3. The lowest BCUT2D eigenvalue weighted by Crippen LogP contribution is -2.48. The van der Waals surface area contributed by atoms with E-state index < -0.39 is 0 Å². The van der Waals surface area contributed by atoms with E-state index in [1.54, 1.807) is 0 Å². The average molecular weight is 506 g/mol. The molecule has 0 saturated carbocycles. The van der Waals surface area contributed by atoms with Gasteiger partial charge in [-0.2, -0.15) is 4.90 Å². The van der Waals surface area contributed by atoms with E-state index in [0.29, 0.717) is 6.04 Å². The van der Waals surface area contributed by atoms with Crippen molar-refractivity contribution in [3.63, 3.8) is 0 Å². The lowest BCUT2D eigenvalue weighted by atomic mass is 9.96. The Morgan fingerprint density at radius 2 is 1.33 bits per heavy atom. The fourth-order valence-corrected chi connectivity index (χ4v) is 7.03. The molecule has 0 fully saturated rings. The second kappa shape index (κ2) is 8.25. The molecule has 0 spiro atoms.